The van der Waals surface area contributed by atoms with Crippen LogP contribution in [0.3, 0.4) is 0 Å². The van der Waals surface area contributed by atoms with Gasteiger partial charge >= 0.3 is 0 Å². The van der Waals surface area contributed by atoms with Gasteiger partial charge < -0.3 is 20.7 Å². The summed E-state index contributed by atoms with van der Waals surface area (Å²) in [5.74, 6) is -0.523. The van der Waals surface area contributed by atoms with Gasteiger partial charge in [-0.3, -0.25) is 14.4 Å². The third-order valence-electron chi connectivity index (χ3n) is 5.16. The van der Waals surface area contributed by atoms with E-state index in [0.29, 0.717) is 40.7 Å². The molecule has 0 aliphatic carbocycles. The zero-order valence-electron chi connectivity index (χ0n) is 18.8. The molecule has 0 fully saturated rings. The number of ether oxygens (including phenoxy) is 1. The number of hydrogen-bond donors (Lipinski definition) is 2. The Morgan fingerprint density at radius 1 is 0.971 bits per heavy atom. The van der Waals surface area contributed by atoms with Crippen molar-refractivity contribution < 1.29 is 19.1 Å². The van der Waals surface area contributed by atoms with Crippen LogP contribution in [0.15, 0.2) is 72.8 Å². The molecule has 0 saturated carbocycles. The van der Waals surface area contributed by atoms with Gasteiger partial charge in [-0.15, -0.1) is 0 Å². The summed E-state index contributed by atoms with van der Waals surface area (Å²) in [5, 5.41) is 3.40. The van der Waals surface area contributed by atoms with Gasteiger partial charge in [0.2, 0.25) is 11.8 Å². The Morgan fingerprint density at radius 2 is 1.65 bits per heavy atom. The number of nitrogens with zero attached hydrogens (tertiary/aromatic N) is 1. The summed E-state index contributed by atoms with van der Waals surface area (Å²) in [6, 6.07) is 20.6. The second-order valence-electron chi connectivity index (χ2n) is 7.54. The molecule has 3 aromatic rings. The summed E-state index contributed by atoms with van der Waals surface area (Å²) in [7, 11) is 0. The number of primary amides is 1. The lowest BCUT2D eigenvalue weighted by molar-refractivity contribution is -0.116. The molecule has 3 amide bonds. The van der Waals surface area contributed by atoms with Crippen LogP contribution in [0.2, 0.25) is 5.02 Å². The van der Waals surface area contributed by atoms with Gasteiger partial charge in [0.15, 0.2) is 0 Å². The van der Waals surface area contributed by atoms with E-state index in [4.69, 9.17) is 22.1 Å². The Bertz CT molecular complexity index is 1150. The second kappa shape index (κ2) is 11.9. The van der Waals surface area contributed by atoms with Crippen molar-refractivity contribution in [3.05, 3.63) is 94.5 Å². The molecule has 0 aliphatic rings. The summed E-state index contributed by atoms with van der Waals surface area (Å²) in [5.41, 5.74) is 7.49. The summed E-state index contributed by atoms with van der Waals surface area (Å²) in [4.78, 5) is 38.3. The fourth-order valence-corrected chi connectivity index (χ4v) is 3.39. The minimum absolute atomic E-state index is 0.116. The lowest BCUT2D eigenvalue weighted by Gasteiger charge is -2.22. The van der Waals surface area contributed by atoms with Crippen molar-refractivity contribution >= 4 is 35.0 Å². The number of benzene rings is 3. The van der Waals surface area contributed by atoms with Crippen LogP contribution in [0, 0.1) is 0 Å². The monoisotopic (exact) mass is 479 g/mol. The Labute approximate surface area is 203 Å². The smallest absolute Gasteiger partial charge is 0.257 e. The third kappa shape index (κ3) is 6.83. The van der Waals surface area contributed by atoms with Crippen LogP contribution < -0.4 is 15.8 Å². The highest BCUT2D eigenvalue weighted by Crippen LogP contribution is 2.22. The molecule has 0 aliphatic heterocycles. The summed E-state index contributed by atoms with van der Waals surface area (Å²) in [6.07, 6.45) is 0.116. The molecular formula is C26H26ClN3O4. The standard InChI is InChI=1S/C26H26ClN3O4/c1-2-30(16-15-24(31)29-21-13-9-19(10-14-21)25(28)32)26(33)22-5-3-4-6-23(22)34-17-18-7-11-20(27)12-8-18/h3-14H,2,15-17H2,1H3,(H2,28,32)(H,29,31). The van der Waals surface area contributed by atoms with E-state index >= 15 is 0 Å². The molecule has 0 spiro atoms. The van der Waals surface area contributed by atoms with Gasteiger partial charge in [0.25, 0.3) is 5.91 Å². The van der Waals surface area contributed by atoms with E-state index in [-0.39, 0.29) is 24.8 Å². The quantitative estimate of drug-likeness (QED) is 0.446. The first-order chi connectivity index (χ1) is 16.4. The fourth-order valence-electron chi connectivity index (χ4n) is 3.26. The zero-order valence-corrected chi connectivity index (χ0v) is 19.5. The molecule has 34 heavy (non-hydrogen) atoms. The third-order valence-corrected chi connectivity index (χ3v) is 5.41. The summed E-state index contributed by atoms with van der Waals surface area (Å²) < 4.78 is 5.91. The van der Waals surface area contributed by atoms with E-state index in [2.05, 4.69) is 5.32 Å². The first-order valence-electron chi connectivity index (χ1n) is 10.8. The number of carbonyl (C=O) groups excluding carboxylic acids is 3. The van der Waals surface area contributed by atoms with Crippen molar-refractivity contribution in [2.24, 2.45) is 5.73 Å². The lowest BCUT2D eigenvalue weighted by Crippen LogP contribution is -2.34. The van der Waals surface area contributed by atoms with Crippen LogP contribution >= 0.6 is 11.6 Å². The van der Waals surface area contributed by atoms with E-state index < -0.39 is 5.91 Å². The predicted molar refractivity (Wildman–Crippen MR) is 132 cm³/mol. The SMILES string of the molecule is CCN(CCC(=O)Nc1ccc(C(N)=O)cc1)C(=O)c1ccccc1OCc1ccc(Cl)cc1. The van der Waals surface area contributed by atoms with Crippen molar-refractivity contribution in [1.82, 2.24) is 4.90 Å². The van der Waals surface area contributed by atoms with Gasteiger partial charge in [-0.25, -0.2) is 0 Å². The Hall–Kier alpha value is -3.84. The molecule has 8 heteroatoms. The molecular weight excluding hydrogens is 454 g/mol. The minimum atomic E-state index is -0.535. The molecule has 0 aromatic heterocycles. The second-order valence-corrected chi connectivity index (χ2v) is 7.97. The van der Waals surface area contributed by atoms with E-state index in [0.717, 1.165) is 5.56 Å². The number of hydrogen-bond acceptors (Lipinski definition) is 4. The van der Waals surface area contributed by atoms with Gasteiger partial charge in [-0.2, -0.15) is 0 Å². The maximum atomic E-state index is 13.2. The van der Waals surface area contributed by atoms with Crippen molar-refractivity contribution in [3.8, 4) is 5.75 Å². The molecule has 0 saturated heterocycles. The number of nitrogens with one attached hydrogen (secondary N) is 1. The molecule has 3 aromatic carbocycles. The minimum Gasteiger partial charge on any atom is -0.488 e. The summed E-state index contributed by atoms with van der Waals surface area (Å²) >= 11 is 5.92. The molecule has 3 rings (SSSR count). The van der Waals surface area contributed by atoms with Gasteiger partial charge in [0.05, 0.1) is 5.56 Å². The van der Waals surface area contributed by atoms with Crippen molar-refractivity contribution in [3.63, 3.8) is 0 Å². The lowest BCUT2D eigenvalue weighted by atomic mass is 10.1. The van der Waals surface area contributed by atoms with Crippen molar-refractivity contribution in [2.45, 2.75) is 20.0 Å². The number of para-hydroxylation sites is 1. The molecule has 0 atom stereocenters. The van der Waals surface area contributed by atoms with E-state index in [1.165, 1.54) is 0 Å². The van der Waals surface area contributed by atoms with Crippen LogP contribution in [0.25, 0.3) is 0 Å². The maximum Gasteiger partial charge on any atom is 0.257 e. The molecule has 0 bridgehead atoms. The van der Waals surface area contributed by atoms with Crippen molar-refractivity contribution in [2.75, 3.05) is 18.4 Å². The average molecular weight is 480 g/mol. The first-order valence-corrected chi connectivity index (χ1v) is 11.2. The largest absolute Gasteiger partial charge is 0.488 e. The normalized spacial score (nSPS) is 10.4. The van der Waals surface area contributed by atoms with Crippen LogP contribution in [0.1, 0.15) is 39.6 Å². The molecule has 176 valence electrons. The molecule has 0 radical (unpaired) electrons. The van der Waals surface area contributed by atoms with Gasteiger partial charge in [0.1, 0.15) is 12.4 Å². The van der Waals surface area contributed by atoms with E-state index in [1.54, 1.807) is 65.6 Å². The van der Waals surface area contributed by atoms with E-state index in [1.807, 2.05) is 19.1 Å². The first kappa shape index (κ1) is 24.8. The van der Waals surface area contributed by atoms with Gasteiger partial charge in [0, 0.05) is 35.8 Å². The van der Waals surface area contributed by atoms with Crippen molar-refractivity contribution in [1.29, 1.82) is 0 Å². The number of anilines is 1. The number of nitrogens with two attached hydrogens (primary N) is 1. The molecule has 3 N–H and O–H groups in total. The predicted octanol–water partition coefficient (Wildman–Crippen LogP) is 4.51. The number of amides is 3. The average Bonchev–Trinajstić information content (AvgIpc) is 2.84. The van der Waals surface area contributed by atoms with Crippen LogP contribution in [-0.4, -0.2) is 35.7 Å². The number of rotatable bonds is 10. The van der Waals surface area contributed by atoms with Crippen LogP contribution in [0.4, 0.5) is 5.69 Å². The highest BCUT2D eigenvalue weighted by atomic mass is 35.5. The Balaban J connectivity index is 1.59. The fraction of sp³-hybridized carbons (Fsp3) is 0.192. The van der Waals surface area contributed by atoms with Crippen LogP contribution in [-0.2, 0) is 11.4 Å². The number of halogens is 1. The Kier molecular flexibility index (Phi) is 8.65. The maximum absolute atomic E-state index is 13.2. The Morgan fingerprint density at radius 3 is 2.29 bits per heavy atom. The molecule has 7 nitrogen and oxygen atoms in total. The highest BCUT2D eigenvalue weighted by Gasteiger charge is 2.19. The molecule has 0 unspecified atom stereocenters. The summed E-state index contributed by atoms with van der Waals surface area (Å²) in [6.45, 7) is 2.83. The number of carbonyl (C=O) groups is 3. The highest BCUT2D eigenvalue weighted by molar-refractivity contribution is 6.30. The van der Waals surface area contributed by atoms with E-state index in [9.17, 15) is 14.4 Å². The van der Waals surface area contributed by atoms with Gasteiger partial charge in [-0.05, 0) is 61.0 Å². The molecule has 0 heterocycles. The van der Waals surface area contributed by atoms with Gasteiger partial charge in [-0.1, -0.05) is 35.9 Å². The van der Waals surface area contributed by atoms with Crippen LogP contribution in [0.5, 0.6) is 5.75 Å². The topological polar surface area (TPSA) is 102 Å². The zero-order chi connectivity index (χ0) is 24.5.